The first-order valence-corrected chi connectivity index (χ1v) is 46.5. The lowest BCUT2D eigenvalue weighted by molar-refractivity contribution is -0.167. The Morgan fingerprint density at radius 3 is 1.09 bits per heavy atom. The Bertz CT molecular complexity index is 7690. The molecule has 18 rings (SSSR count). The van der Waals surface area contributed by atoms with Crippen molar-refractivity contribution in [2.24, 2.45) is 0 Å². The molecular weight excluding hydrogens is 1840 g/mol. The fourth-order valence-corrected chi connectivity index (χ4v) is 19.3. The van der Waals surface area contributed by atoms with Gasteiger partial charge in [0.05, 0.1) is 76.8 Å². The molecule has 6 aromatic carbocycles. The zero-order valence-corrected chi connectivity index (χ0v) is 80.7. The number of fused-ring (bicyclic) bond motifs is 6. The first-order chi connectivity index (χ1) is 64.0. The molecule has 0 fully saturated rings. The highest BCUT2D eigenvalue weighted by atomic mass is 35.5. The summed E-state index contributed by atoms with van der Waals surface area (Å²) in [4.78, 5) is 120. The highest BCUT2D eigenvalue weighted by Crippen LogP contribution is 2.49. The zero-order chi connectivity index (χ0) is 95.4. The van der Waals surface area contributed by atoms with E-state index in [0.717, 1.165) is 135 Å². The number of aromatic nitrogens is 12. The number of esters is 2. The number of hydrogen-bond acceptors (Lipinski definition) is 23. The molecule has 0 radical (unpaired) electrons. The minimum Gasteiger partial charge on any atom is -0.479 e. The van der Waals surface area contributed by atoms with Crippen LogP contribution in [0.2, 0.25) is 20.2 Å². The lowest BCUT2D eigenvalue weighted by Crippen LogP contribution is -2.29. The second kappa shape index (κ2) is 40.4. The third-order valence-electron chi connectivity index (χ3n) is 21.0. The van der Waals surface area contributed by atoms with Crippen molar-refractivity contribution in [1.82, 2.24) is 59.0 Å². The summed E-state index contributed by atoms with van der Waals surface area (Å²) < 4.78 is 35.4. The number of ether oxygens (including phenoxy) is 5. The standard InChI is InChI=1S/C35H31ClN4O4S.C33H27ClN4O4S.C27H26Cl2N2O3S.C8H6N2O/c1-6-43-34(42)30(44-35(3,4)5)28-20(2)17-26-31(29(28)21-7-9-24(36)10-8-21)45-32(39-26)22-11-15-38-27(18-22)40-16-13-23-19-37-14-12-25(23)33(40)41;1-18-15-24-29(27(19-5-7-22(34)8-6-19)26(18)28(32(40)41)42-33(2,3)4)43-30(37-24)20-9-13-36-25(16-20)38-14-11-21-17-35-12-10-23(21)31(38)39;1-6-33-26(32)23(34-27(3,4)5)21-15(2)13-19-24(22(21)16-7-9-18(28)10-8-16)35-25(31-19)17-11-12-30-20(29)14-17;11-8-7-2-3-9-5-6(7)1-4-10-8/h7-19,30H,6H2,1-5H3;5-17,28H,1-4H3,(H,40,41);7-14,23H,6H2,1-5H3;1-5H,(H,10,11)/t30-;28-;23-;/m000./s1. The Hall–Kier alpha value is -13.0. The van der Waals surface area contributed by atoms with Crippen molar-refractivity contribution in [1.29, 1.82) is 0 Å². The molecule has 0 saturated heterocycles. The average molecular weight is 1930 g/mol. The van der Waals surface area contributed by atoms with Crippen molar-refractivity contribution in [2.45, 2.75) is 132 Å². The fraction of sp³-hybridized carbons (Fsp3) is 0.214. The van der Waals surface area contributed by atoms with Gasteiger partial charge >= 0.3 is 17.9 Å². The first kappa shape index (κ1) is 95.6. The Balaban J connectivity index is 0.000000145. The molecule has 2 N–H and O–H groups in total. The molecule has 0 saturated carbocycles. The van der Waals surface area contributed by atoms with Crippen LogP contribution in [0.25, 0.3) is 140 Å². The van der Waals surface area contributed by atoms with Gasteiger partial charge in [0.1, 0.15) is 31.8 Å². The number of H-pyrrole nitrogens is 1. The first-order valence-electron chi connectivity index (χ1n) is 42.6. The summed E-state index contributed by atoms with van der Waals surface area (Å²) in [7, 11) is 0. The van der Waals surface area contributed by atoms with Gasteiger partial charge in [-0.2, -0.15) is 0 Å². The number of benzene rings is 6. The van der Waals surface area contributed by atoms with E-state index in [2.05, 4.69) is 34.9 Å². The van der Waals surface area contributed by atoms with E-state index in [-0.39, 0.29) is 29.9 Å². The van der Waals surface area contributed by atoms with Gasteiger partial charge in [0.25, 0.3) is 16.7 Å². The van der Waals surface area contributed by atoms with Crippen LogP contribution in [-0.4, -0.2) is 112 Å². The maximum Gasteiger partial charge on any atom is 0.339 e. The molecule has 18 aromatic rings. The number of aromatic amines is 1. The summed E-state index contributed by atoms with van der Waals surface area (Å²) in [5, 5.41) is 18.9. The normalized spacial score (nSPS) is 12.4. The van der Waals surface area contributed by atoms with E-state index < -0.39 is 53.0 Å². The smallest absolute Gasteiger partial charge is 0.339 e. The van der Waals surface area contributed by atoms with Crippen molar-refractivity contribution in [3.05, 3.63) is 323 Å². The predicted octanol–water partition coefficient (Wildman–Crippen LogP) is 24.7. The van der Waals surface area contributed by atoms with E-state index in [0.29, 0.717) is 58.6 Å². The monoisotopic (exact) mass is 1920 g/mol. The van der Waals surface area contributed by atoms with Crippen LogP contribution in [0.15, 0.2) is 253 Å². The number of nitrogens with one attached hydrogen (secondary N) is 1. The molecule has 12 heterocycles. The molecule has 0 unspecified atom stereocenters. The van der Waals surface area contributed by atoms with Crippen molar-refractivity contribution < 1.29 is 43.2 Å². The molecule has 12 aromatic heterocycles. The van der Waals surface area contributed by atoms with E-state index in [1.807, 2.05) is 210 Å². The zero-order valence-electron chi connectivity index (χ0n) is 75.3. The van der Waals surface area contributed by atoms with Crippen LogP contribution in [0.3, 0.4) is 0 Å². The molecule has 31 heteroatoms. The number of carboxylic acid groups (broad SMARTS) is 1. The summed E-state index contributed by atoms with van der Waals surface area (Å²) in [6, 6.07) is 49.9. The van der Waals surface area contributed by atoms with Crippen molar-refractivity contribution in [3.8, 4) is 76.7 Å². The van der Waals surface area contributed by atoms with Gasteiger partial charge in [-0.25, -0.2) is 44.3 Å². The number of rotatable bonds is 19. The number of carbonyl (C=O) groups excluding carboxylic acids is 2. The van der Waals surface area contributed by atoms with Crippen LogP contribution in [0.5, 0.6) is 0 Å². The summed E-state index contributed by atoms with van der Waals surface area (Å²) in [5.74, 6) is -1.02. The molecule has 24 nitrogen and oxygen atoms in total. The van der Waals surface area contributed by atoms with Gasteiger partial charge in [0, 0.05) is 156 Å². The largest absolute Gasteiger partial charge is 0.479 e. The molecular formula is C103H90Cl4N12O12S3. The lowest BCUT2D eigenvalue weighted by Gasteiger charge is -2.29. The molecule has 0 spiro atoms. The van der Waals surface area contributed by atoms with Gasteiger partial charge in [-0.3, -0.25) is 38.5 Å². The molecule has 0 amide bonds. The Labute approximate surface area is 802 Å². The quantitative estimate of drug-likeness (QED) is 0.0561. The van der Waals surface area contributed by atoms with E-state index in [4.69, 9.17) is 85.0 Å². The number of carboxylic acids is 1. The predicted molar refractivity (Wildman–Crippen MR) is 535 cm³/mol. The highest BCUT2D eigenvalue weighted by molar-refractivity contribution is 7.23. The van der Waals surface area contributed by atoms with E-state index in [9.17, 15) is 33.9 Å². The van der Waals surface area contributed by atoms with Gasteiger partial charge in [0.15, 0.2) is 18.3 Å². The molecule has 134 heavy (non-hydrogen) atoms. The van der Waals surface area contributed by atoms with Gasteiger partial charge in [0.2, 0.25) is 0 Å². The lowest BCUT2D eigenvalue weighted by atomic mass is 9.91. The van der Waals surface area contributed by atoms with Crippen molar-refractivity contribution in [3.63, 3.8) is 0 Å². The van der Waals surface area contributed by atoms with Crippen LogP contribution >= 0.6 is 80.4 Å². The maximum absolute atomic E-state index is 13.4. The minimum atomic E-state index is -1.21. The van der Waals surface area contributed by atoms with Crippen LogP contribution in [-0.2, 0) is 38.1 Å². The number of aryl methyl sites for hydroxylation is 3. The summed E-state index contributed by atoms with van der Waals surface area (Å²) >= 11 is 29.3. The number of halogens is 4. The van der Waals surface area contributed by atoms with Gasteiger partial charge < -0.3 is 33.8 Å². The Morgan fingerprint density at radius 2 is 0.746 bits per heavy atom. The molecule has 680 valence electrons. The van der Waals surface area contributed by atoms with Gasteiger partial charge in [-0.05, 0) is 258 Å². The molecule has 3 atom stereocenters. The second-order valence-electron chi connectivity index (χ2n) is 34.1. The summed E-state index contributed by atoms with van der Waals surface area (Å²) in [6.07, 6.45) is 16.7. The van der Waals surface area contributed by atoms with Crippen molar-refractivity contribution >= 4 is 161 Å². The van der Waals surface area contributed by atoms with Crippen LogP contribution < -0.4 is 16.7 Å². The van der Waals surface area contributed by atoms with E-state index >= 15 is 0 Å². The fourth-order valence-electron chi connectivity index (χ4n) is 15.4. The topological polar surface area (TPSA) is 310 Å². The Morgan fingerprint density at radius 1 is 0.410 bits per heavy atom. The van der Waals surface area contributed by atoms with Gasteiger partial charge in [-0.1, -0.05) is 82.8 Å². The molecule has 0 aliphatic heterocycles. The van der Waals surface area contributed by atoms with Gasteiger partial charge in [-0.15, -0.1) is 34.0 Å². The van der Waals surface area contributed by atoms with E-state index in [1.165, 1.54) is 43.1 Å². The number of thiazole rings is 3. The number of pyridine rings is 9. The third-order valence-corrected chi connectivity index (χ3v) is 25.4. The minimum absolute atomic E-state index is 0.0649. The second-order valence-corrected chi connectivity index (χ2v) is 38.8. The summed E-state index contributed by atoms with van der Waals surface area (Å²) in [5.41, 5.74) is 12.0. The molecule has 0 aliphatic rings. The third kappa shape index (κ3) is 21.6. The molecule has 0 bridgehead atoms. The summed E-state index contributed by atoms with van der Waals surface area (Å²) in [6.45, 7) is 26.9. The Kier molecular flexibility index (Phi) is 28.8. The van der Waals surface area contributed by atoms with Crippen LogP contribution in [0, 0.1) is 20.8 Å². The van der Waals surface area contributed by atoms with Crippen LogP contribution in [0.4, 0.5) is 0 Å². The molecule has 0 aliphatic carbocycles. The number of carbonyl (C=O) groups is 3. The number of aliphatic carboxylic acids is 1. The van der Waals surface area contributed by atoms with E-state index in [1.54, 1.807) is 125 Å². The number of nitrogens with zero attached hydrogens (tertiary/aromatic N) is 11. The SMILES string of the molecule is CCOC(=O)[C@@H](OC(C)(C)C)c1c(C)cc2nc(-c3ccnc(-n4ccc5cnccc5c4=O)c3)sc2c1-c1ccc(Cl)cc1.CCOC(=O)[C@@H](OC(C)(C)C)c1c(C)cc2nc(-c3ccnc(Cl)c3)sc2c1-c1ccc(Cl)cc1.Cc1cc2nc(-c3ccnc(-n4ccc5cnccc5c4=O)c3)sc2c(-c2ccc(Cl)cc2)c1[C@H](OC(C)(C)C)C(=O)O.O=c1[nH]ccc2cnccc12. The maximum atomic E-state index is 13.4. The van der Waals surface area contributed by atoms with Crippen LogP contribution in [0.1, 0.15) is 128 Å². The highest BCUT2D eigenvalue weighted by Gasteiger charge is 2.38. The average Bonchev–Trinajstić information content (AvgIpc) is 1.57. The van der Waals surface area contributed by atoms with Crippen molar-refractivity contribution in [2.75, 3.05) is 13.2 Å². The number of hydrogen-bond donors (Lipinski definition) is 2.